The topological polar surface area (TPSA) is 49.3 Å². The van der Waals surface area contributed by atoms with E-state index in [9.17, 15) is 9.90 Å². The highest BCUT2D eigenvalue weighted by Gasteiger charge is 2.45. The summed E-state index contributed by atoms with van der Waals surface area (Å²) in [5.74, 6) is -0.463. The van der Waals surface area contributed by atoms with E-state index in [2.05, 4.69) is 5.32 Å². The Bertz CT molecular complexity index is 682. The lowest BCUT2D eigenvalue weighted by atomic mass is 9.88. The van der Waals surface area contributed by atoms with Crippen molar-refractivity contribution in [2.75, 3.05) is 5.32 Å². The molecule has 1 heterocycles. The number of benzene rings is 2. The molecule has 1 unspecified atom stereocenters. The summed E-state index contributed by atoms with van der Waals surface area (Å²) in [6, 6.07) is 12.1. The third-order valence-electron chi connectivity index (χ3n) is 3.49. The highest BCUT2D eigenvalue weighted by Crippen LogP contribution is 2.40. The average Bonchev–Trinajstić information content (AvgIpc) is 2.67. The SMILES string of the molecule is O=C1Nc2ccccc2C1(O)Cc1c(Cl)cccc1Cl. The number of hydrogen-bond donors (Lipinski definition) is 2. The molecule has 0 aromatic heterocycles. The van der Waals surface area contributed by atoms with E-state index in [4.69, 9.17) is 23.2 Å². The molecule has 5 heteroatoms. The number of hydrogen-bond acceptors (Lipinski definition) is 2. The molecule has 0 saturated heterocycles. The van der Waals surface area contributed by atoms with Crippen LogP contribution in [0.5, 0.6) is 0 Å². The van der Waals surface area contributed by atoms with Gasteiger partial charge in [-0.3, -0.25) is 4.79 Å². The Hall–Kier alpha value is -1.55. The maximum absolute atomic E-state index is 12.1. The summed E-state index contributed by atoms with van der Waals surface area (Å²) in [5, 5.41) is 14.3. The van der Waals surface area contributed by atoms with Crippen molar-refractivity contribution in [3.8, 4) is 0 Å². The van der Waals surface area contributed by atoms with E-state index in [1.807, 2.05) is 0 Å². The van der Waals surface area contributed by atoms with Crippen molar-refractivity contribution in [2.45, 2.75) is 12.0 Å². The fourth-order valence-corrected chi connectivity index (χ4v) is 2.96. The number of carbonyl (C=O) groups excluding carboxylic acids is 1. The number of carbonyl (C=O) groups is 1. The van der Waals surface area contributed by atoms with Gasteiger partial charge in [0.05, 0.1) is 0 Å². The van der Waals surface area contributed by atoms with Crippen LogP contribution in [0.2, 0.25) is 10.0 Å². The van der Waals surface area contributed by atoms with Crippen LogP contribution in [-0.2, 0) is 16.8 Å². The first-order valence-corrected chi connectivity index (χ1v) is 6.84. The Morgan fingerprint density at radius 3 is 2.40 bits per heavy atom. The molecule has 1 aliphatic rings. The molecule has 3 nitrogen and oxygen atoms in total. The summed E-state index contributed by atoms with van der Waals surface area (Å²) >= 11 is 12.2. The van der Waals surface area contributed by atoms with E-state index in [1.165, 1.54) is 0 Å². The monoisotopic (exact) mass is 307 g/mol. The summed E-state index contributed by atoms with van der Waals surface area (Å²) in [6.45, 7) is 0. The van der Waals surface area contributed by atoms with Gasteiger partial charge in [-0.25, -0.2) is 0 Å². The molecular weight excluding hydrogens is 297 g/mol. The highest BCUT2D eigenvalue weighted by molar-refractivity contribution is 6.36. The van der Waals surface area contributed by atoms with Gasteiger partial charge in [0.1, 0.15) is 0 Å². The van der Waals surface area contributed by atoms with Crippen LogP contribution in [0, 0.1) is 0 Å². The molecule has 20 heavy (non-hydrogen) atoms. The predicted octanol–water partition coefficient (Wildman–Crippen LogP) is 3.38. The number of amides is 1. The third-order valence-corrected chi connectivity index (χ3v) is 4.20. The van der Waals surface area contributed by atoms with Gasteiger partial charge in [-0.05, 0) is 23.8 Å². The van der Waals surface area contributed by atoms with Gasteiger partial charge in [0.2, 0.25) is 0 Å². The molecule has 0 aliphatic carbocycles. The van der Waals surface area contributed by atoms with Crippen molar-refractivity contribution in [2.24, 2.45) is 0 Å². The van der Waals surface area contributed by atoms with Gasteiger partial charge >= 0.3 is 0 Å². The molecule has 1 amide bonds. The molecule has 0 radical (unpaired) electrons. The van der Waals surface area contributed by atoms with Gasteiger partial charge < -0.3 is 10.4 Å². The lowest BCUT2D eigenvalue weighted by Crippen LogP contribution is -2.36. The standard InChI is InChI=1S/C15H11Cl2NO2/c16-11-5-3-6-12(17)9(11)8-15(20)10-4-1-2-7-13(10)18-14(15)19/h1-7,20H,8H2,(H,18,19). The maximum Gasteiger partial charge on any atom is 0.261 e. The lowest BCUT2D eigenvalue weighted by Gasteiger charge is -2.22. The second-order valence-electron chi connectivity index (χ2n) is 4.74. The Morgan fingerprint density at radius 1 is 1.05 bits per heavy atom. The highest BCUT2D eigenvalue weighted by atomic mass is 35.5. The van der Waals surface area contributed by atoms with Crippen molar-refractivity contribution in [1.82, 2.24) is 0 Å². The summed E-state index contributed by atoms with van der Waals surface area (Å²) in [6.07, 6.45) is 0.0361. The van der Waals surface area contributed by atoms with Crippen molar-refractivity contribution >= 4 is 34.8 Å². The van der Waals surface area contributed by atoms with Gasteiger partial charge in [-0.15, -0.1) is 0 Å². The molecular formula is C15H11Cl2NO2. The molecule has 2 aromatic rings. The maximum atomic E-state index is 12.1. The Kier molecular flexibility index (Phi) is 3.21. The predicted molar refractivity (Wildman–Crippen MR) is 79.1 cm³/mol. The van der Waals surface area contributed by atoms with Crippen LogP contribution >= 0.6 is 23.2 Å². The van der Waals surface area contributed by atoms with Gasteiger partial charge in [0.15, 0.2) is 5.60 Å². The minimum absolute atomic E-state index is 0.0361. The quantitative estimate of drug-likeness (QED) is 0.893. The normalized spacial score (nSPS) is 20.6. The van der Waals surface area contributed by atoms with Crippen molar-refractivity contribution < 1.29 is 9.90 Å². The molecule has 2 aromatic carbocycles. The molecule has 2 N–H and O–H groups in total. The zero-order valence-electron chi connectivity index (χ0n) is 10.4. The van der Waals surface area contributed by atoms with Crippen LogP contribution in [0.1, 0.15) is 11.1 Å². The number of nitrogens with one attached hydrogen (secondary N) is 1. The van der Waals surface area contributed by atoms with Crippen molar-refractivity contribution in [1.29, 1.82) is 0 Å². The molecule has 3 rings (SSSR count). The molecule has 102 valence electrons. The first kappa shape index (κ1) is 13.4. The second-order valence-corrected chi connectivity index (χ2v) is 5.55. The van der Waals surface area contributed by atoms with Crippen LogP contribution < -0.4 is 5.32 Å². The summed E-state index contributed by atoms with van der Waals surface area (Å²) in [5.41, 5.74) is 0.0694. The molecule has 0 fully saturated rings. The van der Waals surface area contributed by atoms with Crippen LogP contribution in [0.4, 0.5) is 5.69 Å². The molecule has 1 aliphatic heterocycles. The fraction of sp³-hybridized carbons (Fsp3) is 0.133. The average molecular weight is 308 g/mol. The molecule has 1 atom stereocenters. The second kappa shape index (κ2) is 4.77. The van der Waals surface area contributed by atoms with Gasteiger partial charge in [0, 0.05) is 27.7 Å². The van der Waals surface area contributed by atoms with Gasteiger partial charge in [0.25, 0.3) is 5.91 Å². The summed E-state index contributed by atoms with van der Waals surface area (Å²) < 4.78 is 0. The minimum atomic E-state index is -1.65. The third kappa shape index (κ3) is 1.99. The van der Waals surface area contributed by atoms with Crippen molar-refractivity contribution in [3.05, 3.63) is 63.6 Å². The minimum Gasteiger partial charge on any atom is -0.375 e. The van der Waals surface area contributed by atoms with Crippen LogP contribution in [0.3, 0.4) is 0 Å². The summed E-state index contributed by atoms with van der Waals surface area (Å²) in [4.78, 5) is 12.1. The number of halogens is 2. The van der Waals surface area contributed by atoms with Crippen molar-refractivity contribution in [3.63, 3.8) is 0 Å². The Morgan fingerprint density at radius 2 is 1.70 bits per heavy atom. The van der Waals surface area contributed by atoms with E-state index in [-0.39, 0.29) is 6.42 Å². The zero-order chi connectivity index (χ0) is 14.3. The smallest absolute Gasteiger partial charge is 0.261 e. The van der Waals surface area contributed by atoms with E-state index in [1.54, 1.807) is 42.5 Å². The molecule has 0 spiro atoms. The molecule has 0 saturated carbocycles. The lowest BCUT2D eigenvalue weighted by molar-refractivity contribution is -0.133. The van der Waals surface area contributed by atoms with E-state index >= 15 is 0 Å². The van der Waals surface area contributed by atoms with Gasteiger partial charge in [-0.2, -0.15) is 0 Å². The largest absolute Gasteiger partial charge is 0.375 e. The number of para-hydroxylation sites is 1. The van der Waals surface area contributed by atoms with Crippen LogP contribution in [-0.4, -0.2) is 11.0 Å². The van der Waals surface area contributed by atoms with Crippen LogP contribution in [0.25, 0.3) is 0 Å². The van der Waals surface area contributed by atoms with Crippen LogP contribution in [0.15, 0.2) is 42.5 Å². The van der Waals surface area contributed by atoms with E-state index in [0.29, 0.717) is 26.9 Å². The Balaban J connectivity index is 2.08. The first-order valence-electron chi connectivity index (χ1n) is 6.08. The number of anilines is 1. The zero-order valence-corrected chi connectivity index (χ0v) is 11.9. The molecule has 0 bridgehead atoms. The van der Waals surface area contributed by atoms with E-state index in [0.717, 1.165) is 0 Å². The summed E-state index contributed by atoms with van der Waals surface area (Å²) in [7, 11) is 0. The number of fused-ring (bicyclic) bond motifs is 1. The fourth-order valence-electron chi connectivity index (χ4n) is 2.43. The van der Waals surface area contributed by atoms with E-state index < -0.39 is 11.5 Å². The first-order chi connectivity index (χ1) is 9.52. The number of rotatable bonds is 2. The number of aliphatic hydroxyl groups is 1. The van der Waals surface area contributed by atoms with Gasteiger partial charge in [-0.1, -0.05) is 47.5 Å². The Labute approximate surface area is 126 Å².